The second-order valence-corrected chi connectivity index (χ2v) is 9.04. The fourth-order valence-corrected chi connectivity index (χ4v) is 4.31. The summed E-state index contributed by atoms with van der Waals surface area (Å²) in [6, 6.07) is 22.1. The largest absolute Gasteiger partial charge is 0.486 e. The van der Waals surface area contributed by atoms with Crippen LogP contribution in [0.2, 0.25) is 0 Å². The Balaban J connectivity index is 1.22. The van der Waals surface area contributed by atoms with E-state index >= 15 is 0 Å². The molecule has 1 N–H and O–H groups in total. The van der Waals surface area contributed by atoms with E-state index < -0.39 is 0 Å². The van der Waals surface area contributed by atoms with Gasteiger partial charge in [0.1, 0.15) is 18.1 Å². The SMILES string of the molecule is Cc1oc(-c2ccc3ccccc3c2)nc1CSc1n[nH]c(COc2ccc(Br)cc2)n1. The van der Waals surface area contributed by atoms with Crippen LogP contribution in [0, 0.1) is 6.92 Å². The minimum atomic E-state index is 0.324. The molecule has 0 spiro atoms. The molecule has 6 nitrogen and oxygen atoms in total. The molecular weight excluding hydrogens is 488 g/mol. The van der Waals surface area contributed by atoms with Crippen molar-refractivity contribution in [3.63, 3.8) is 0 Å². The average molecular weight is 507 g/mol. The molecule has 32 heavy (non-hydrogen) atoms. The summed E-state index contributed by atoms with van der Waals surface area (Å²) in [4.78, 5) is 9.20. The second kappa shape index (κ2) is 9.18. The number of aryl methyl sites for hydroxylation is 1. The molecule has 0 aliphatic heterocycles. The topological polar surface area (TPSA) is 76.8 Å². The molecule has 3 aromatic carbocycles. The minimum Gasteiger partial charge on any atom is -0.486 e. The Morgan fingerprint density at radius 2 is 1.81 bits per heavy atom. The molecule has 0 aliphatic carbocycles. The molecule has 2 aromatic heterocycles. The summed E-state index contributed by atoms with van der Waals surface area (Å²) in [5, 5.41) is 10.2. The average Bonchev–Trinajstić information content (AvgIpc) is 3.43. The van der Waals surface area contributed by atoms with Gasteiger partial charge in [0, 0.05) is 15.8 Å². The van der Waals surface area contributed by atoms with Crippen LogP contribution < -0.4 is 4.74 Å². The number of aromatic nitrogens is 4. The first-order valence-corrected chi connectivity index (χ1v) is 11.8. The van der Waals surface area contributed by atoms with E-state index in [9.17, 15) is 0 Å². The summed E-state index contributed by atoms with van der Waals surface area (Å²) in [6.45, 7) is 2.26. The number of thioether (sulfide) groups is 1. The van der Waals surface area contributed by atoms with E-state index in [-0.39, 0.29) is 0 Å². The highest BCUT2D eigenvalue weighted by atomic mass is 79.9. The maximum Gasteiger partial charge on any atom is 0.226 e. The van der Waals surface area contributed by atoms with Gasteiger partial charge in [0.2, 0.25) is 11.0 Å². The molecule has 8 heteroatoms. The van der Waals surface area contributed by atoms with Gasteiger partial charge in [0.05, 0.1) is 5.69 Å². The zero-order chi connectivity index (χ0) is 21.9. The summed E-state index contributed by atoms with van der Waals surface area (Å²) in [7, 11) is 0. The highest BCUT2D eigenvalue weighted by Gasteiger charge is 2.14. The number of H-pyrrole nitrogens is 1. The molecule has 0 amide bonds. The number of nitrogens with zero attached hydrogens (tertiary/aromatic N) is 3. The van der Waals surface area contributed by atoms with Crippen LogP contribution in [-0.2, 0) is 12.4 Å². The first-order chi connectivity index (χ1) is 15.6. The number of benzene rings is 3. The number of fused-ring (bicyclic) bond motifs is 1. The molecule has 0 saturated carbocycles. The smallest absolute Gasteiger partial charge is 0.226 e. The maximum absolute atomic E-state index is 5.94. The van der Waals surface area contributed by atoms with E-state index in [2.05, 4.69) is 55.4 Å². The molecule has 2 heterocycles. The third-order valence-electron chi connectivity index (χ3n) is 4.93. The number of ether oxygens (including phenoxy) is 1. The van der Waals surface area contributed by atoms with Crippen molar-refractivity contribution >= 4 is 38.5 Å². The predicted octanol–water partition coefficient (Wildman–Crippen LogP) is 6.56. The van der Waals surface area contributed by atoms with Gasteiger partial charge in [-0.25, -0.2) is 9.97 Å². The Bertz CT molecular complexity index is 1360. The normalized spacial score (nSPS) is 11.2. The van der Waals surface area contributed by atoms with Crippen molar-refractivity contribution in [3.05, 3.63) is 88.5 Å². The van der Waals surface area contributed by atoms with Crippen molar-refractivity contribution in [2.75, 3.05) is 0 Å². The van der Waals surface area contributed by atoms with Crippen molar-refractivity contribution < 1.29 is 9.15 Å². The first kappa shape index (κ1) is 20.8. The molecule has 0 aliphatic rings. The number of rotatable bonds is 7. The van der Waals surface area contributed by atoms with Gasteiger partial charge in [-0.3, -0.25) is 5.10 Å². The van der Waals surface area contributed by atoms with E-state index in [0.717, 1.165) is 32.6 Å². The summed E-state index contributed by atoms with van der Waals surface area (Å²) in [5.74, 6) is 3.49. The minimum absolute atomic E-state index is 0.324. The Kier molecular flexibility index (Phi) is 5.96. The molecule has 0 bridgehead atoms. The lowest BCUT2D eigenvalue weighted by Crippen LogP contribution is -1.97. The van der Waals surface area contributed by atoms with Gasteiger partial charge in [-0.15, -0.1) is 5.10 Å². The number of hydrogen-bond acceptors (Lipinski definition) is 6. The fourth-order valence-electron chi connectivity index (χ4n) is 3.23. The van der Waals surface area contributed by atoms with Gasteiger partial charge in [-0.1, -0.05) is 58.0 Å². The van der Waals surface area contributed by atoms with Crippen LogP contribution in [-0.4, -0.2) is 20.2 Å². The third-order valence-corrected chi connectivity index (χ3v) is 6.31. The van der Waals surface area contributed by atoms with Crippen molar-refractivity contribution in [1.29, 1.82) is 0 Å². The lowest BCUT2D eigenvalue weighted by molar-refractivity contribution is 0.296. The van der Waals surface area contributed by atoms with Gasteiger partial charge in [0.25, 0.3) is 0 Å². The Morgan fingerprint density at radius 1 is 1.00 bits per heavy atom. The first-order valence-electron chi connectivity index (χ1n) is 10.0. The number of oxazole rings is 1. The quantitative estimate of drug-likeness (QED) is 0.252. The highest BCUT2D eigenvalue weighted by molar-refractivity contribution is 9.10. The monoisotopic (exact) mass is 506 g/mol. The Hall–Kier alpha value is -3.10. The van der Waals surface area contributed by atoms with Gasteiger partial charge in [-0.2, -0.15) is 0 Å². The zero-order valence-corrected chi connectivity index (χ0v) is 19.6. The third kappa shape index (κ3) is 4.71. The maximum atomic E-state index is 5.94. The van der Waals surface area contributed by atoms with Crippen LogP contribution in [0.3, 0.4) is 0 Å². The van der Waals surface area contributed by atoms with Crippen molar-refractivity contribution in [2.24, 2.45) is 0 Å². The number of nitrogens with one attached hydrogen (secondary N) is 1. The molecule has 160 valence electrons. The number of hydrogen-bond donors (Lipinski definition) is 1. The molecule has 5 rings (SSSR count). The van der Waals surface area contributed by atoms with Crippen LogP contribution in [0.4, 0.5) is 0 Å². The van der Waals surface area contributed by atoms with E-state index in [0.29, 0.717) is 29.2 Å². The van der Waals surface area contributed by atoms with Crippen LogP contribution >= 0.6 is 27.7 Å². The summed E-state index contributed by atoms with van der Waals surface area (Å²) in [5.41, 5.74) is 1.85. The Labute approximate surface area is 197 Å². The lowest BCUT2D eigenvalue weighted by atomic mass is 10.1. The fraction of sp³-hybridized carbons (Fsp3) is 0.125. The summed E-state index contributed by atoms with van der Waals surface area (Å²) >= 11 is 4.92. The predicted molar refractivity (Wildman–Crippen MR) is 129 cm³/mol. The van der Waals surface area contributed by atoms with E-state index in [1.165, 1.54) is 17.1 Å². The molecule has 5 aromatic rings. The lowest BCUT2D eigenvalue weighted by Gasteiger charge is -2.03. The van der Waals surface area contributed by atoms with Crippen LogP contribution in [0.15, 0.2) is 80.8 Å². The molecule has 0 atom stereocenters. The molecule has 0 radical (unpaired) electrons. The van der Waals surface area contributed by atoms with Crippen LogP contribution in [0.5, 0.6) is 5.75 Å². The van der Waals surface area contributed by atoms with Gasteiger partial charge >= 0.3 is 0 Å². The zero-order valence-electron chi connectivity index (χ0n) is 17.2. The summed E-state index contributed by atoms with van der Waals surface area (Å²) < 4.78 is 12.7. The van der Waals surface area contributed by atoms with E-state index in [1.54, 1.807) is 0 Å². The van der Waals surface area contributed by atoms with Gasteiger partial charge in [0.15, 0.2) is 5.82 Å². The highest BCUT2D eigenvalue weighted by Crippen LogP contribution is 2.28. The van der Waals surface area contributed by atoms with Crippen molar-refractivity contribution in [3.8, 4) is 17.2 Å². The van der Waals surface area contributed by atoms with E-state index in [1.807, 2.05) is 49.4 Å². The molecule has 0 fully saturated rings. The second-order valence-electron chi connectivity index (χ2n) is 7.18. The standard InChI is InChI=1S/C24H19BrN4O2S/c1-15-21(26-23(31-15)18-7-6-16-4-2-3-5-17(16)12-18)14-32-24-27-22(28-29-24)13-30-20-10-8-19(25)9-11-20/h2-12H,13-14H2,1H3,(H,27,28,29). The van der Waals surface area contributed by atoms with E-state index in [4.69, 9.17) is 14.1 Å². The molecule has 0 saturated heterocycles. The molecule has 0 unspecified atom stereocenters. The van der Waals surface area contributed by atoms with Gasteiger partial charge < -0.3 is 9.15 Å². The van der Waals surface area contributed by atoms with Gasteiger partial charge in [-0.05, 0) is 54.1 Å². The Morgan fingerprint density at radius 3 is 2.66 bits per heavy atom. The molecular formula is C24H19BrN4O2S. The number of aromatic amines is 1. The van der Waals surface area contributed by atoms with Crippen LogP contribution in [0.1, 0.15) is 17.3 Å². The summed E-state index contributed by atoms with van der Waals surface area (Å²) in [6.07, 6.45) is 0. The van der Waals surface area contributed by atoms with Crippen molar-refractivity contribution in [1.82, 2.24) is 20.2 Å². The van der Waals surface area contributed by atoms with Crippen LogP contribution in [0.25, 0.3) is 22.2 Å². The number of halogens is 1. The van der Waals surface area contributed by atoms with Crippen molar-refractivity contribution in [2.45, 2.75) is 24.4 Å².